The maximum Gasteiger partial charge on any atom is 0.308 e. The zero-order valence-electron chi connectivity index (χ0n) is 17.0. The fourth-order valence-electron chi connectivity index (χ4n) is 3.14. The second kappa shape index (κ2) is 8.48. The SMILES string of the molecule is CC(=O)OC(=C=C(C1CC1)[Si](C)(C)C)c1ccccc1C#Cc1ccccc1. The Morgan fingerprint density at radius 3 is 2.21 bits per heavy atom. The Morgan fingerprint density at radius 2 is 1.61 bits per heavy atom. The predicted octanol–water partition coefficient (Wildman–Crippen LogP) is 5.80. The summed E-state index contributed by atoms with van der Waals surface area (Å²) < 4.78 is 5.63. The summed E-state index contributed by atoms with van der Waals surface area (Å²) in [6.45, 7) is 8.39. The van der Waals surface area contributed by atoms with E-state index in [-0.39, 0.29) is 5.97 Å². The molecular weight excluding hydrogens is 360 g/mol. The topological polar surface area (TPSA) is 26.3 Å². The van der Waals surface area contributed by atoms with Crippen molar-refractivity contribution in [2.45, 2.75) is 39.4 Å². The number of allylic oxidation sites excluding steroid dienone is 1. The van der Waals surface area contributed by atoms with Gasteiger partial charge in [-0.2, -0.15) is 0 Å². The second-order valence-corrected chi connectivity index (χ2v) is 13.2. The van der Waals surface area contributed by atoms with Crippen molar-refractivity contribution in [3.63, 3.8) is 0 Å². The summed E-state index contributed by atoms with van der Waals surface area (Å²) >= 11 is 0. The van der Waals surface area contributed by atoms with Crippen molar-refractivity contribution in [1.29, 1.82) is 0 Å². The number of ether oxygens (including phenoxy) is 1. The van der Waals surface area contributed by atoms with E-state index >= 15 is 0 Å². The van der Waals surface area contributed by atoms with Crippen LogP contribution in [0.4, 0.5) is 0 Å². The Labute approximate surface area is 169 Å². The molecule has 0 amide bonds. The van der Waals surface area contributed by atoms with E-state index < -0.39 is 8.07 Å². The zero-order chi connectivity index (χ0) is 20.1. The molecule has 0 N–H and O–H groups in total. The van der Waals surface area contributed by atoms with Gasteiger partial charge in [0.15, 0.2) is 5.76 Å². The summed E-state index contributed by atoms with van der Waals surface area (Å²) in [6.07, 6.45) is 2.41. The number of esters is 1. The normalized spacial score (nSPS) is 13.0. The summed E-state index contributed by atoms with van der Waals surface area (Å²) in [5, 5.41) is 1.34. The maximum absolute atomic E-state index is 11.8. The lowest BCUT2D eigenvalue weighted by molar-refractivity contribution is -0.134. The Bertz CT molecular complexity index is 990. The minimum absolute atomic E-state index is 0.334. The predicted molar refractivity (Wildman–Crippen MR) is 117 cm³/mol. The molecular formula is C25H26O2Si. The molecule has 3 heteroatoms. The molecule has 1 aliphatic carbocycles. The van der Waals surface area contributed by atoms with Gasteiger partial charge in [0.05, 0.1) is 8.07 Å². The Balaban J connectivity index is 2.14. The average Bonchev–Trinajstić information content (AvgIpc) is 3.48. The summed E-state index contributed by atoms with van der Waals surface area (Å²) in [4.78, 5) is 11.8. The molecule has 0 unspecified atom stereocenters. The third-order valence-electron chi connectivity index (χ3n) is 4.57. The van der Waals surface area contributed by atoms with Crippen molar-refractivity contribution >= 4 is 19.8 Å². The Kier molecular flexibility index (Phi) is 6.04. The first-order valence-electron chi connectivity index (χ1n) is 9.71. The van der Waals surface area contributed by atoms with E-state index in [9.17, 15) is 4.79 Å². The van der Waals surface area contributed by atoms with E-state index in [0.717, 1.165) is 16.7 Å². The molecule has 0 spiro atoms. The van der Waals surface area contributed by atoms with E-state index in [1.165, 1.54) is 25.0 Å². The molecule has 0 radical (unpaired) electrons. The second-order valence-electron chi connectivity index (χ2n) is 8.15. The van der Waals surface area contributed by atoms with E-state index in [1.54, 1.807) is 0 Å². The van der Waals surface area contributed by atoms with Crippen LogP contribution in [0.25, 0.3) is 5.76 Å². The average molecular weight is 387 g/mol. The van der Waals surface area contributed by atoms with Crippen LogP contribution in [0.1, 0.15) is 36.5 Å². The highest BCUT2D eigenvalue weighted by molar-refractivity contribution is 6.83. The van der Waals surface area contributed by atoms with Gasteiger partial charge in [0, 0.05) is 23.6 Å². The first-order chi connectivity index (χ1) is 13.3. The van der Waals surface area contributed by atoms with Crippen LogP contribution in [0, 0.1) is 17.8 Å². The molecule has 0 aliphatic heterocycles. The van der Waals surface area contributed by atoms with Gasteiger partial charge >= 0.3 is 5.97 Å². The molecule has 2 aromatic rings. The van der Waals surface area contributed by atoms with Crippen molar-refractivity contribution in [3.05, 3.63) is 82.2 Å². The number of benzene rings is 2. The lowest BCUT2D eigenvalue weighted by Crippen LogP contribution is -2.25. The highest BCUT2D eigenvalue weighted by Gasteiger charge is 2.34. The Hall–Kier alpha value is -2.79. The van der Waals surface area contributed by atoms with Gasteiger partial charge in [0.1, 0.15) is 0 Å². The summed E-state index contributed by atoms with van der Waals surface area (Å²) in [7, 11) is -1.57. The molecule has 0 atom stereocenters. The van der Waals surface area contributed by atoms with Crippen molar-refractivity contribution in [3.8, 4) is 11.8 Å². The van der Waals surface area contributed by atoms with Gasteiger partial charge in [-0.05, 0) is 48.2 Å². The van der Waals surface area contributed by atoms with Crippen LogP contribution < -0.4 is 0 Å². The van der Waals surface area contributed by atoms with Crippen molar-refractivity contribution in [2.75, 3.05) is 0 Å². The molecule has 3 rings (SSSR count). The standard InChI is InChI=1S/C25H26O2Si/c1-19(26)27-24(18-25(22-16-17-22)28(2,3)4)23-13-9-8-12-21(23)15-14-20-10-6-5-7-11-20/h5-13,22H,16-17H2,1-4H3. The molecule has 2 aromatic carbocycles. The van der Waals surface area contributed by atoms with Crippen LogP contribution in [0.2, 0.25) is 19.6 Å². The van der Waals surface area contributed by atoms with E-state index in [0.29, 0.717) is 11.7 Å². The fraction of sp³-hybridized carbons (Fsp3) is 0.280. The minimum atomic E-state index is -1.57. The smallest absolute Gasteiger partial charge is 0.308 e. The molecule has 1 aliphatic rings. The lowest BCUT2D eigenvalue weighted by atomic mass is 10.1. The van der Waals surface area contributed by atoms with Gasteiger partial charge in [-0.25, -0.2) is 0 Å². The minimum Gasteiger partial charge on any atom is -0.417 e. The molecule has 0 bridgehead atoms. The largest absolute Gasteiger partial charge is 0.417 e. The maximum atomic E-state index is 11.8. The summed E-state index contributed by atoms with van der Waals surface area (Å²) in [5.41, 5.74) is 6.13. The van der Waals surface area contributed by atoms with Gasteiger partial charge in [-0.3, -0.25) is 4.79 Å². The molecule has 0 heterocycles. The van der Waals surface area contributed by atoms with Crippen LogP contribution in [0.3, 0.4) is 0 Å². The highest BCUT2D eigenvalue weighted by atomic mass is 28.3. The number of rotatable bonds is 4. The molecule has 1 fully saturated rings. The van der Waals surface area contributed by atoms with Crippen molar-refractivity contribution < 1.29 is 9.53 Å². The van der Waals surface area contributed by atoms with E-state index in [1.807, 2.05) is 54.6 Å². The Morgan fingerprint density at radius 1 is 0.964 bits per heavy atom. The first-order valence-corrected chi connectivity index (χ1v) is 13.2. The third kappa shape index (κ3) is 5.36. The van der Waals surface area contributed by atoms with Crippen molar-refractivity contribution in [1.82, 2.24) is 0 Å². The van der Waals surface area contributed by atoms with E-state index in [4.69, 9.17) is 4.74 Å². The monoisotopic (exact) mass is 386 g/mol. The summed E-state index contributed by atoms with van der Waals surface area (Å²) in [6, 6.07) is 17.7. The first kappa shape index (κ1) is 20.0. The number of hydrogen-bond acceptors (Lipinski definition) is 2. The van der Waals surface area contributed by atoms with Gasteiger partial charge in [0.2, 0.25) is 0 Å². The molecule has 142 valence electrons. The van der Waals surface area contributed by atoms with Gasteiger partial charge in [-0.15, -0.1) is 0 Å². The molecule has 0 saturated heterocycles. The van der Waals surface area contributed by atoms with Crippen molar-refractivity contribution in [2.24, 2.45) is 5.92 Å². The number of carbonyl (C=O) groups excluding carboxylic acids is 1. The highest BCUT2D eigenvalue weighted by Crippen LogP contribution is 2.41. The number of hydrogen-bond donors (Lipinski definition) is 0. The fourth-order valence-corrected chi connectivity index (χ4v) is 5.14. The van der Waals surface area contributed by atoms with Crippen LogP contribution in [0.5, 0.6) is 0 Å². The van der Waals surface area contributed by atoms with Crippen LogP contribution in [-0.4, -0.2) is 14.0 Å². The molecule has 28 heavy (non-hydrogen) atoms. The van der Waals surface area contributed by atoms with E-state index in [2.05, 4.69) is 37.2 Å². The van der Waals surface area contributed by atoms with Gasteiger partial charge in [-0.1, -0.05) is 67.5 Å². The molecule has 2 nitrogen and oxygen atoms in total. The molecule has 1 saturated carbocycles. The number of carbonyl (C=O) groups is 1. The quantitative estimate of drug-likeness (QED) is 0.218. The zero-order valence-corrected chi connectivity index (χ0v) is 18.0. The molecule has 0 aromatic heterocycles. The van der Waals surface area contributed by atoms with Gasteiger partial charge in [0.25, 0.3) is 0 Å². The summed E-state index contributed by atoms with van der Waals surface area (Å²) in [5.74, 6) is 7.18. The third-order valence-corrected chi connectivity index (χ3v) is 6.72. The van der Waals surface area contributed by atoms with Crippen LogP contribution in [-0.2, 0) is 9.53 Å². The van der Waals surface area contributed by atoms with Crippen LogP contribution in [0.15, 0.2) is 65.5 Å². The van der Waals surface area contributed by atoms with Crippen LogP contribution >= 0.6 is 0 Å². The van der Waals surface area contributed by atoms with Gasteiger partial charge < -0.3 is 4.74 Å². The lowest BCUT2D eigenvalue weighted by Gasteiger charge is -2.19.